The Morgan fingerprint density at radius 1 is 1.25 bits per heavy atom. The normalized spacial score (nSPS) is 10.8. The molecule has 0 aliphatic carbocycles. The number of nitrogens with zero attached hydrogens (tertiary/aromatic N) is 1. The summed E-state index contributed by atoms with van der Waals surface area (Å²) < 4.78 is 4.89. The van der Waals surface area contributed by atoms with E-state index in [0.29, 0.717) is 19.6 Å². The number of carbonyl (C=O) groups excluding carboxylic acids is 1. The molecule has 0 saturated carbocycles. The lowest BCUT2D eigenvalue weighted by atomic mass is 10.3. The van der Waals surface area contributed by atoms with E-state index in [2.05, 4.69) is 15.5 Å². The van der Waals surface area contributed by atoms with Crippen molar-refractivity contribution >= 4 is 5.91 Å². The Labute approximate surface area is 98.5 Å². The highest BCUT2D eigenvalue weighted by molar-refractivity contribution is 5.75. The van der Waals surface area contributed by atoms with E-state index >= 15 is 0 Å². The van der Waals surface area contributed by atoms with E-state index in [4.69, 9.17) is 4.74 Å². The molecule has 5 heteroatoms. The molecule has 0 aliphatic heterocycles. The summed E-state index contributed by atoms with van der Waals surface area (Å²) in [4.78, 5) is 13.4. The maximum atomic E-state index is 11.3. The van der Waals surface area contributed by atoms with E-state index in [1.54, 1.807) is 7.11 Å². The van der Waals surface area contributed by atoms with Crippen molar-refractivity contribution in [1.29, 1.82) is 0 Å². The zero-order valence-electron chi connectivity index (χ0n) is 10.7. The molecule has 0 atom stereocenters. The van der Waals surface area contributed by atoms with E-state index in [-0.39, 0.29) is 5.91 Å². The molecule has 0 aliphatic rings. The Morgan fingerprint density at radius 2 is 2.00 bits per heavy atom. The summed E-state index contributed by atoms with van der Waals surface area (Å²) in [5.74, 6) is 0.105. The molecule has 16 heavy (non-hydrogen) atoms. The minimum Gasteiger partial charge on any atom is -0.385 e. The lowest BCUT2D eigenvalue weighted by Gasteiger charge is -2.10. The van der Waals surface area contributed by atoms with Crippen LogP contribution in [0.1, 0.15) is 12.8 Å². The van der Waals surface area contributed by atoms with Crippen LogP contribution in [-0.2, 0) is 9.53 Å². The van der Waals surface area contributed by atoms with Gasteiger partial charge in [-0.25, -0.2) is 0 Å². The van der Waals surface area contributed by atoms with Crippen LogP contribution in [0.3, 0.4) is 0 Å². The molecule has 1 amide bonds. The predicted octanol–water partition coefficient (Wildman–Crippen LogP) is -0.320. The van der Waals surface area contributed by atoms with Crippen LogP contribution in [0.2, 0.25) is 0 Å². The average molecular weight is 231 g/mol. The first-order valence-electron chi connectivity index (χ1n) is 5.78. The smallest absolute Gasteiger partial charge is 0.221 e. The topological polar surface area (TPSA) is 53.6 Å². The third-order valence-electron chi connectivity index (χ3n) is 2.11. The molecule has 0 bridgehead atoms. The van der Waals surface area contributed by atoms with Crippen LogP contribution < -0.4 is 10.6 Å². The van der Waals surface area contributed by atoms with Gasteiger partial charge < -0.3 is 20.3 Å². The van der Waals surface area contributed by atoms with Crippen molar-refractivity contribution in [3.8, 4) is 0 Å². The minimum absolute atomic E-state index is 0.105. The first kappa shape index (κ1) is 15.3. The molecule has 2 N–H and O–H groups in total. The zero-order chi connectivity index (χ0) is 12.2. The number of ether oxygens (including phenoxy) is 1. The van der Waals surface area contributed by atoms with Crippen LogP contribution >= 0.6 is 0 Å². The summed E-state index contributed by atoms with van der Waals surface area (Å²) >= 11 is 0. The Balaban J connectivity index is 3.17. The number of hydrogen-bond donors (Lipinski definition) is 2. The van der Waals surface area contributed by atoms with E-state index in [9.17, 15) is 4.79 Å². The van der Waals surface area contributed by atoms with Crippen molar-refractivity contribution in [3.05, 3.63) is 0 Å². The summed E-state index contributed by atoms with van der Waals surface area (Å²) in [7, 11) is 5.73. The lowest BCUT2D eigenvalue weighted by Crippen LogP contribution is -2.31. The molecule has 96 valence electrons. The van der Waals surface area contributed by atoms with Crippen molar-refractivity contribution in [3.63, 3.8) is 0 Å². The van der Waals surface area contributed by atoms with Crippen molar-refractivity contribution in [2.45, 2.75) is 12.8 Å². The largest absolute Gasteiger partial charge is 0.385 e. The first-order chi connectivity index (χ1) is 7.66. The van der Waals surface area contributed by atoms with Gasteiger partial charge in [-0.15, -0.1) is 0 Å². The third kappa shape index (κ3) is 11.4. The van der Waals surface area contributed by atoms with Gasteiger partial charge in [0, 0.05) is 46.3 Å². The SMILES string of the molecule is COCCCNC(=O)CCNCCN(C)C. The van der Waals surface area contributed by atoms with Gasteiger partial charge >= 0.3 is 0 Å². The number of likely N-dealkylation sites (N-methyl/N-ethyl adjacent to an activating group) is 1. The molecule has 0 rings (SSSR count). The average Bonchev–Trinajstić information content (AvgIpc) is 2.23. The Kier molecular flexibility index (Phi) is 10.4. The second-order valence-electron chi connectivity index (χ2n) is 4.00. The molecule has 0 unspecified atom stereocenters. The summed E-state index contributed by atoms with van der Waals surface area (Å²) in [5.41, 5.74) is 0. The Bertz CT molecular complexity index is 175. The molecule has 0 fully saturated rings. The van der Waals surface area contributed by atoms with Gasteiger partial charge in [0.1, 0.15) is 0 Å². The van der Waals surface area contributed by atoms with Gasteiger partial charge in [0.05, 0.1) is 0 Å². The molecule has 0 heterocycles. The maximum Gasteiger partial charge on any atom is 0.221 e. The summed E-state index contributed by atoms with van der Waals surface area (Å²) in [5, 5.41) is 6.07. The van der Waals surface area contributed by atoms with Crippen molar-refractivity contribution < 1.29 is 9.53 Å². The number of amides is 1. The van der Waals surface area contributed by atoms with Crippen LogP contribution in [0.4, 0.5) is 0 Å². The predicted molar refractivity (Wildman–Crippen MR) is 65.5 cm³/mol. The van der Waals surface area contributed by atoms with Gasteiger partial charge in [0.25, 0.3) is 0 Å². The molecule has 0 aromatic rings. The van der Waals surface area contributed by atoms with E-state index in [1.165, 1.54) is 0 Å². The number of carbonyl (C=O) groups is 1. The molecule has 0 spiro atoms. The fraction of sp³-hybridized carbons (Fsp3) is 0.909. The highest BCUT2D eigenvalue weighted by Crippen LogP contribution is 1.81. The summed E-state index contributed by atoms with van der Waals surface area (Å²) in [6.07, 6.45) is 1.41. The zero-order valence-corrected chi connectivity index (χ0v) is 10.7. The fourth-order valence-corrected chi connectivity index (χ4v) is 1.16. The molecule has 0 aromatic carbocycles. The van der Waals surface area contributed by atoms with Gasteiger partial charge in [-0.2, -0.15) is 0 Å². The van der Waals surface area contributed by atoms with Gasteiger partial charge in [0.15, 0.2) is 0 Å². The standard InChI is InChI=1S/C11H25N3O2/c1-14(2)9-8-12-7-5-11(15)13-6-4-10-16-3/h12H,4-10H2,1-3H3,(H,13,15). The van der Waals surface area contributed by atoms with Crippen LogP contribution in [-0.4, -0.2) is 64.8 Å². The highest BCUT2D eigenvalue weighted by atomic mass is 16.5. The number of hydrogen-bond acceptors (Lipinski definition) is 4. The number of rotatable bonds is 10. The summed E-state index contributed by atoms with van der Waals surface area (Å²) in [6, 6.07) is 0. The van der Waals surface area contributed by atoms with Gasteiger partial charge in [-0.05, 0) is 20.5 Å². The Hall–Kier alpha value is -0.650. The molecule has 0 radical (unpaired) electrons. The maximum absolute atomic E-state index is 11.3. The van der Waals surface area contributed by atoms with Gasteiger partial charge in [-0.3, -0.25) is 4.79 Å². The molecule has 0 saturated heterocycles. The third-order valence-corrected chi connectivity index (χ3v) is 2.11. The van der Waals surface area contributed by atoms with Crippen molar-refractivity contribution in [2.75, 3.05) is 54.0 Å². The molecule has 0 aromatic heterocycles. The Morgan fingerprint density at radius 3 is 2.62 bits per heavy atom. The van der Waals surface area contributed by atoms with Crippen molar-refractivity contribution in [2.24, 2.45) is 0 Å². The van der Waals surface area contributed by atoms with Crippen LogP contribution in [0.25, 0.3) is 0 Å². The second-order valence-corrected chi connectivity index (χ2v) is 4.00. The van der Waals surface area contributed by atoms with E-state index in [0.717, 1.165) is 26.1 Å². The van der Waals surface area contributed by atoms with Crippen molar-refractivity contribution in [1.82, 2.24) is 15.5 Å². The van der Waals surface area contributed by atoms with Crippen LogP contribution in [0.15, 0.2) is 0 Å². The molecule has 5 nitrogen and oxygen atoms in total. The number of methoxy groups -OCH3 is 1. The quantitative estimate of drug-likeness (QED) is 0.506. The second kappa shape index (κ2) is 10.9. The number of nitrogens with one attached hydrogen (secondary N) is 2. The summed E-state index contributed by atoms with van der Waals surface area (Å²) in [6.45, 7) is 4.05. The van der Waals surface area contributed by atoms with Gasteiger partial charge in [0.2, 0.25) is 5.91 Å². The van der Waals surface area contributed by atoms with Gasteiger partial charge in [-0.1, -0.05) is 0 Å². The fourth-order valence-electron chi connectivity index (χ4n) is 1.16. The van der Waals surface area contributed by atoms with Crippen LogP contribution in [0, 0.1) is 0 Å². The lowest BCUT2D eigenvalue weighted by molar-refractivity contribution is -0.121. The first-order valence-corrected chi connectivity index (χ1v) is 5.78. The highest BCUT2D eigenvalue weighted by Gasteiger charge is 1.99. The van der Waals surface area contributed by atoms with Crippen LogP contribution in [0.5, 0.6) is 0 Å². The molecular weight excluding hydrogens is 206 g/mol. The van der Waals surface area contributed by atoms with E-state index < -0.39 is 0 Å². The monoisotopic (exact) mass is 231 g/mol. The minimum atomic E-state index is 0.105. The molecular formula is C11H25N3O2. The van der Waals surface area contributed by atoms with E-state index in [1.807, 2.05) is 14.1 Å².